The number of hydrogen-bond acceptors (Lipinski definition) is 4. The highest BCUT2D eigenvalue weighted by molar-refractivity contribution is 5.75. The van der Waals surface area contributed by atoms with Gasteiger partial charge in [0, 0.05) is 18.3 Å². The largest absolute Gasteiger partial charge is 0.464 e. The van der Waals surface area contributed by atoms with E-state index in [1.54, 1.807) is 12.5 Å². The summed E-state index contributed by atoms with van der Waals surface area (Å²) in [6.07, 6.45) is 5.81. The average molecular weight is 239 g/mol. The Kier molecular flexibility index (Phi) is 5.69. The smallest absolute Gasteiger partial charge is 0.323 e. The SMILES string of the molecule is CCCC(C)COC(=O)C(N)Cc1cnc[nH]1. The summed E-state index contributed by atoms with van der Waals surface area (Å²) < 4.78 is 5.17. The van der Waals surface area contributed by atoms with Crippen LogP contribution in [0.5, 0.6) is 0 Å². The number of aromatic nitrogens is 2. The molecule has 1 aromatic heterocycles. The number of nitrogens with zero attached hydrogens (tertiary/aromatic N) is 1. The zero-order valence-electron chi connectivity index (χ0n) is 10.5. The molecule has 2 atom stereocenters. The molecule has 5 heteroatoms. The fourth-order valence-corrected chi connectivity index (χ4v) is 1.62. The van der Waals surface area contributed by atoms with E-state index in [4.69, 9.17) is 10.5 Å². The number of carbonyl (C=O) groups excluding carboxylic acids is 1. The van der Waals surface area contributed by atoms with Crippen molar-refractivity contribution in [3.8, 4) is 0 Å². The molecule has 0 aliphatic rings. The van der Waals surface area contributed by atoms with Gasteiger partial charge in [-0.05, 0) is 12.3 Å². The minimum Gasteiger partial charge on any atom is -0.464 e. The Labute approximate surface area is 102 Å². The van der Waals surface area contributed by atoms with E-state index >= 15 is 0 Å². The van der Waals surface area contributed by atoms with E-state index in [-0.39, 0.29) is 5.97 Å². The van der Waals surface area contributed by atoms with Crippen LogP contribution >= 0.6 is 0 Å². The number of nitrogens with two attached hydrogens (primary N) is 1. The highest BCUT2D eigenvalue weighted by Gasteiger charge is 2.17. The zero-order valence-corrected chi connectivity index (χ0v) is 10.5. The number of aromatic amines is 1. The fraction of sp³-hybridized carbons (Fsp3) is 0.667. The van der Waals surface area contributed by atoms with Crippen molar-refractivity contribution in [1.82, 2.24) is 9.97 Å². The Morgan fingerprint density at radius 1 is 1.65 bits per heavy atom. The summed E-state index contributed by atoms with van der Waals surface area (Å²) in [6.45, 7) is 4.63. The van der Waals surface area contributed by atoms with Crippen LogP contribution in [0.3, 0.4) is 0 Å². The first-order valence-electron chi connectivity index (χ1n) is 6.03. The zero-order chi connectivity index (χ0) is 12.7. The van der Waals surface area contributed by atoms with Crippen molar-refractivity contribution in [2.45, 2.75) is 39.2 Å². The number of ether oxygens (including phenoxy) is 1. The summed E-state index contributed by atoms with van der Waals surface area (Å²) in [6, 6.07) is -0.621. The topological polar surface area (TPSA) is 81.0 Å². The molecular weight excluding hydrogens is 218 g/mol. The lowest BCUT2D eigenvalue weighted by Crippen LogP contribution is -2.35. The molecule has 5 nitrogen and oxygen atoms in total. The van der Waals surface area contributed by atoms with Crippen LogP contribution in [0.4, 0.5) is 0 Å². The Hall–Kier alpha value is -1.36. The minimum absolute atomic E-state index is 0.345. The van der Waals surface area contributed by atoms with Gasteiger partial charge in [-0.2, -0.15) is 0 Å². The van der Waals surface area contributed by atoms with Gasteiger partial charge < -0.3 is 15.5 Å². The lowest BCUT2D eigenvalue weighted by molar-refractivity contribution is -0.146. The highest BCUT2D eigenvalue weighted by Crippen LogP contribution is 2.06. The summed E-state index contributed by atoms with van der Waals surface area (Å²) in [5.41, 5.74) is 6.59. The second-order valence-corrected chi connectivity index (χ2v) is 4.41. The highest BCUT2D eigenvalue weighted by atomic mass is 16.5. The van der Waals surface area contributed by atoms with Crippen LogP contribution in [0.15, 0.2) is 12.5 Å². The van der Waals surface area contributed by atoms with Gasteiger partial charge in [-0.1, -0.05) is 20.3 Å². The maximum atomic E-state index is 11.6. The maximum Gasteiger partial charge on any atom is 0.323 e. The number of H-pyrrole nitrogens is 1. The number of hydrogen-bond donors (Lipinski definition) is 2. The quantitative estimate of drug-likeness (QED) is 0.702. The van der Waals surface area contributed by atoms with Crippen molar-refractivity contribution >= 4 is 5.97 Å². The molecule has 1 rings (SSSR count). The first-order valence-corrected chi connectivity index (χ1v) is 6.03. The van der Waals surface area contributed by atoms with Crippen molar-refractivity contribution in [2.24, 2.45) is 11.7 Å². The molecule has 0 aliphatic heterocycles. The van der Waals surface area contributed by atoms with Crippen molar-refractivity contribution < 1.29 is 9.53 Å². The van der Waals surface area contributed by atoms with Gasteiger partial charge in [0.15, 0.2) is 0 Å². The van der Waals surface area contributed by atoms with Crippen LogP contribution in [0.1, 0.15) is 32.4 Å². The Morgan fingerprint density at radius 3 is 3.00 bits per heavy atom. The normalized spacial score (nSPS) is 14.3. The predicted octanol–water partition coefficient (Wildman–Crippen LogP) is 1.26. The summed E-state index contributed by atoms with van der Waals surface area (Å²) in [5, 5.41) is 0. The first-order chi connectivity index (χ1) is 8.13. The number of nitrogens with one attached hydrogen (secondary N) is 1. The Balaban J connectivity index is 2.27. The van der Waals surface area contributed by atoms with E-state index < -0.39 is 6.04 Å². The van der Waals surface area contributed by atoms with Gasteiger partial charge in [0.1, 0.15) is 6.04 Å². The van der Waals surface area contributed by atoms with Crippen LogP contribution in [0.25, 0.3) is 0 Å². The van der Waals surface area contributed by atoms with Crippen molar-refractivity contribution in [1.29, 1.82) is 0 Å². The summed E-state index contributed by atoms with van der Waals surface area (Å²) >= 11 is 0. The molecule has 0 saturated heterocycles. The third-order valence-electron chi connectivity index (χ3n) is 2.59. The van der Waals surface area contributed by atoms with Crippen LogP contribution in [-0.4, -0.2) is 28.6 Å². The van der Waals surface area contributed by atoms with Gasteiger partial charge in [-0.25, -0.2) is 4.98 Å². The third-order valence-corrected chi connectivity index (χ3v) is 2.59. The van der Waals surface area contributed by atoms with Gasteiger partial charge in [0.05, 0.1) is 12.9 Å². The van der Waals surface area contributed by atoms with Gasteiger partial charge in [-0.15, -0.1) is 0 Å². The summed E-state index contributed by atoms with van der Waals surface area (Å²) in [4.78, 5) is 18.4. The lowest BCUT2D eigenvalue weighted by Gasteiger charge is -2.14. The Bertz CT molecular complexity index is 325. The molecule has 1 aromatic rings. The molecule has 0 fully saturated rings. The van der Waals surface area contributed by atoms with E-state index in [9.17, 15) is 4.79 Å². The van der Waals surface area contributed by atoms with Crippen LogP contribution < -0.4 is 5.73 Å². The molecule has 0 aromatic carbocycles. The van der Waals surface area contributed by atoms with E-state index in [2.05, 4.69) is 23.8 Å². The van der Waals surface area contributed by atoms with Crippen LogP contribution in [0, 0.1) is 5.92 Å². The van der Waals surface area contributed by atoms with Gasteiger partial charge in [-0.3, -0.25) is 4.79 Å². The second kappa shape index (κ2) is 7.06. The number of carbonyl (C=O) groups is 1. The van der Waals surface area contributed by atoms with Crippen molar-refractivity contribution in [3.63, 3.8) is 0 Å². The lowest BCUT2D eigenvalue weighted by atomic mass is 10.1. The fourth-order valence-electron chi connectivity index (χ4n) is 1.62. The maximum absolute atomic E-state index is 11.6. The number of imidazole rings is 1. The molecule has 0 radical (unpaired) electrons. The first kappa shape index (κ1) is 13.7. The summed E-state index contributed by atoms with van der Waals surface area (Å²) in [5.74, 6) is 0.0471. The molecule has 0 bridgehead atoms. The molecular formula is C12H21N3O2. The summed E-state index contributed by atoms with van der Waals surface area (Å²) in [7, 11) is 0. The van der Waals surface area contributed by atoms with Gasteiger partial charge >= 0.3 is 5.97 Å². The second-order valence-electron chi connectivity index (χ2n) is 4.41. The number of rotatable bonds is 7. The van der Waals surface area contributed by atoms with Crippen LogP contribution in [-0.2, 0) is 16.0 Å². The molecule has 96 valence electrons. The molecule has 3 N–H and O–H groups in total. The van der Waals surface area contributed by atoms with Crippen molar-refractivity contribution in [2.75, 3.05) is 6.61 Å². The standard InChI is InChI=1S/C12H21N3O2/c1-3-4-9(2)7-17-12(16)11(13)5-10-6-14-8-15-10/h6,8-9,11H,3-5,7,13H2,1-2H3,(H,14,15). The minimum atomic E-state index is -0.621. The van der Waals surface area contributed by atoms with E-state index in [1.807, 2.05) is 0 Å². The molecule has 0 aliphatic carbocycles. The molecule has 0 amide bonds. The van der Waals surface area contributed by atoms with E-state index in [0.29, 0.717) is 18.9 Å². The molecule has 0 saturated carbocycles. The van der Waals surface area contributed by atoms with Crippen molar-refractivity contribution in [3.05, 3.63) is 18.2 Å². The Morgan fingerprint density at radius 2 is 2.41 bits per heavy atom. The molecule has 2 unspecified atom stereocenters. The molecule has 17 heavy (non-hydrogen) atoms. The molecule has 0 spiro atoms. The van der Waals surface area contributed by atoms with Gasteiger partial charge in [0.2, 0.25) is 0 Å². The molecule has 1 heterocycles. The monoisotopic (exact) mass is 239 g/mol. The third kappa shape index (κ3) is 4.99. The van der Waals surface area contributed by atoms with E-state index in [0.717, 1.165) is 18.5 Å². The predicted molar refractivity (Wildman–Crippen MR) is 65.3 cm³/mol. The number of esters is 1. The van der Waals surface area contributed by atoms with Crippen LogP contribution in [0.2, 0.25) is 0 Å². The average Bonchev–Trinajstić information content (AvgIpc) is 2.79. The van der Waals surface area contributed by atoms with Gasteiger partial charge in [0.25, 0.3) is 0 Å². The van der Waals surface area contributed by atoms with E-state index in [1.165, 1.54) is 0 Å².